The van der Waals surface area contributed by atoms with Gasteiger partial charge >= 0.3 is 0 Å². The van der Waals surface area contributed by atoms with Crippen molar-refractivity contribution in [1.82, 2.24) is 9.80 Å². The topological polar surface area (TPSA) is 15.7 Å². The number of allylic oxidation sites excluding steroid dienone is 3. The molecule has 153 valence electrons. The standard InChI is InChI=1S/C26H33N2O/c1-20-10-12-21(13-11-20)22-14-15-26(29-17-16-27(2)3)25(18-22)24-9-7-6-8-23(24)19-28(4)5/h7-15,18H,6,16-17,19H2,1-5H3. The van der Waals surface area contributed by atoms with Crippen LogP contribution in [0.2, 0.25) is 0 Å². The van der Waals surface area contributed by atoms with Crippen molar-refractivity contribution in [2.75, 3.05) is 47.9 Å². The predicted molar refractivity (Wildman–Crippen MR) is 124 cm³/mol. The maximum absolute atomic E-state index is 6.23. The molecule has 0 aliphatic heterocycles. The van der Waals surface area contributed by atoms with Crippen LogP contribution >= 0.6 is 0 Å². The fourth-order valence-corrected chi connectivity index (χ4v) is 3.50. The van der Waals surface area contributed by atoms with Crippen LogP contribution in [0.3, 0.4) is 0 Å². The fourth-order valence-electron chi connectivity index (χ4n) is 3.50. The van der Waals surface area contributed by atoms with Crippen LogP contribution in [0.25, 0.3) is 16.7 Å². The summed E-state index contributed by atoms with van der Waals surface area (Å²) in [5.41, 5.74) is 7.52. The van der Waals surface area contributed by atoms with E-state index in [4.69, 9.17) is 4.74 Å². The molecule has 0 saturated heterocycles. The molecule has 2 aromatic rings. The lowest BCUT2D eigenvalue weighted by Crippen LogP contribution is -2.20. The highest BCUT2D eigenvalue weighted by Crippen LogP contribution is 2.36. The lowest BCUT2D eigenvalue weighted by molar-refractivity contribution is 0.261. The van der Waals surface area contributed by atoms with Gasteiger partial charge in [0.2, 0.25) is 0 Å². The molecule has 29 heavy (non-hydrogen) atoms. The van der Waals surface area contributed by atoms with Gasteiger partial charge in [-0.1, -0.05) is 48.0 Å². The van der Waals surface area contributed by atoms with Crippen LogP contribution in [-0.4, -0.2) is 57.7 Å². The van der Waals surface area contributed by atoms with Crippen molar-refractivity contribution in [2.24, 2.45) is 0 Å². The summed E-state index contributed by atoms with van der Waals surface area (Å²) in [6, 6.07) is 15.3. The van der Waals surface area contributed by atoms with Gasteiger partial charge in [0, 0.05) is 18.7 Å². The Labute approximate surface area is 176 Å². The van der Waals surface area contributed by atoms with Gasteiger partial charge in [-0.15, -0.1) is 0 Å². The average Bonchev–Trinajstić information content (AvgIpc) is 2.69. The van der Waals surface area contributed by atoms with Gasteiger partial charge in [-0.2, -0.15) is 0 Å². The highest BCUT2D eigenvalue weighted by molar-refractivity contribution is 5.85. The number of likely N-dealkylation sites (N-methyl/N-ethyl adjacent to an activating group) is 2. The molecular formula is C26H33N2O. The maximum Gasteiger partial charge on any atom is 0.127 e. The molecule has 0 amide bonds. The minimum atomic E-state index is 0.674. The van der Waals surface area contributed by atoms with Gasteiger partial charge in [-0.05, 0) is 82.4 Å². The monoisotopic (exact) mass is 389 g/mol. The minimum Gasteiger partial charge on any atom is -0.492 e. The van der Waals surface area contributed by atoms with E-state index in [2.05, 4.69) is 106 Å². The third-order valence-electron chi connectivity index (χ3n) is 5.07. The van der Waals surface area contributed by atoms with E-state index in [1.807, 2.05) is 0 Å². The Bertz CT molecular complexity index is 876. The van der Waals surface area contributed by atoms with Crippen LogP contribution in [0.5, 0.6) is 5.75 Å². The second-order valence-electron chi connectivity index (χ2n) is 8.25. The number of benzene rings is 2. The second kappa shape index (κ2) is 9.91. The zero-order valence-electron chi connectivity index (χ0n) is 18.4. The molecule has 0 N–H and O–H groups in total. The number of rotatable bonds is 8. The van der Waals surface area contributed by atoms with Crippen molar-refractivity contribution >= 4 is 5.57 Å². The minimum absolute atomic E-state index is 0.674. The number of nitrogens with zero attached hydrogens (tertiary/aromatic N) is 2. The van der Waals surface area contributed by atoms with Crippen LogP contribution < -0.4 is 4.74 Å². The zero-order valence-corrected chi connectivity index (χ0v) is 18.4. The first-order valence-electron chi connectivity index (χ1n) is 10.3. The molecule has 0 atom stereocenters. The van der Waals surface area contributed by atoms with Gasteiger partial charge in [0.15, 0.2) is 0 Å². The fraction of sp³-hybridized carbons (Fsp3) is 0.346. The Balaban J connectivity index is 2.04. The predicted octanol–water partition coefficient (Wildman–Crippen LogP) is 5.08. The van der Waals surface area contributed by atoms with Gasteiger partial charge in [0.05, 0.1) is 0 Å². The molecule has 0 spiro atoms. The van der Waals surface area contributed by atoms with E-state index >= 15 is 0 Å². The second-order valence-corrected chi connectivity index (χ2v) is 8.25. The largest absolute Gasteiger partial charge is 0.492 e. The van der Waals surface area contributed by atoms with E-state index in [9.17, 15) is 0 Å². The van der Waals surface area contributed by atoms with E-state index in [0.717, 1.165) is 25.3 Å². The van der Waals surface area contributed by atoms with Crippen LogP contribution in [-0.2, 0) is 0 Å². The SMILES string of the molecule is Cc1ccc(-c2ccc(OCCN(C)C)c(C3=C(CN(C)C)[CH]CC=C3)c2)cc1. The first kappa shape index (κ1) is 21.4. The van der Waals surface area contributed by atoms with E-state index < -0.39 is 0 Å². The van der Waals surface area contributed by atoms with E-state index in [1.165, 1.54) is 33.4 Å². The Kier molecular flexibility index (Phi) is 7.29. The summed E-state index contributed by atoms with van der Waals surface area (Å²) in [6.45, 7) is 4.61. The Morgan fingerprint density at radius 2 is 1.62 bits per heavy atom. The Morgan fingerprint density at radius 3 is 2.31 bits per heavy atom. The van der Waals surface area contributed by atoms with Crippen molar-refractivity contribution in [3.8, 4) is 16.9 Å². The molecule has 0 fully saturated rings. The lowest BCUT2D eigenvalue weighted by Gasteiger charge is -2.22. The number of aryl methyl sites for hydroxylation is 1. The number of hydrogen-bond acceptors (Lipinski definition) is 3. The third-order valence-corrected chi connectivity index (χ3v) is 5.07. The van der Waals surface area contributed by atoms with Gasteiger partial charge in [-0.3, -0.25) is 0 Å². The van der Waals surface area contributed by atoms with Crippen molar-refractivity contribution < 1.29 is 4.74 Å². The van der Waals surface area contributed by atoms with Crippen LogP contribution in [0.4, 0.5) is 0 Å². The van der Waals surface area contributed by atoms with Crippen LogP contribution in [0.1, 0.15) is 17.5 Å². The number of ether oxygens (including phenoxy) is 1. The van der Waals surface area contributed by atoms with Crippen molar-refractivity contribution in [2.45, 2.75) is 13.3 Å². The molecule has 3 nitrogen and oxygen atoms in total. The Morgan fingerprint density at radius 1 is 0.897 bits per heavy atom. The molecule has 1 radical (unpaired) electrons. The van der Waals surface area contributed by atoms with E-state index in [-0.39, 0.29) is 0 Å². The molecule has 1 aliphatic carbocycles. The van der Waals surface area contributed by atoms with Crippen LogP contribution in [0.15, 0.2) is 60.2 Å². The summed E-state index contributed by atoms with van der Waals surface area (Å²) in [5.74, 6) is 0.953. The summed E-state index contributed by atoms with van der Waals surface area (Å²) in [4.78, 5) is 4.37. The molecular weight excluding hydrogens is 356 g/mol. The highest BCUT2D eigenvalue weighted by atomic mass is 16.5. The molecule has 0 saturated carbocycles. The summed E-state index contributed by atoms with van der Waals surface area (Å²) in [7, 11) is 8.38. The molecule has 0 bridgehead atoms. The quantitative estimate of drug-likeness (QED) is 0.626. The van der Waals surface area contributed by atoms with E-state index in [1.54, 1.807) is 0 Å². The highest BCUT2D eigenvalue weighted by Gasteiger charge is 2.17. The smallest absolute Gasteiger partial charge is 0.127 e. The number of hydrogen-bond donors (Lipinski definition) is 0. The van der Waals surface area contributed by atoms with Crippen LogP contribution in [0, 0.1) is 13.3 Å². The van der Waals surface area contributed by atoms with Gasteiger partial charge in [0.25, 0.3) is 0 Å². The maximum atomic E-state index is 6.23. The summed E-state index contributed by atoms with van der Waals surface area (Å²) in [6.07, 6.45) is 7.81. The van der Waals surface area contributed by atoms with Crippen molar-refractivity contribution in [3.63, 3.8) is 0 Å². The molecule has 1 aliphatic rings. The summed E-state index contributed by atoms with van der Waals surface area (Å²) < 4.78 is 6.23. The summed E-state index contributed by atoms with van der Waals surface area (Å²) in [5, 5.41) is 0. The molecule has 2 aromatic carbocycles. The normalized spacial score (nSPS) is 14.2. The molecule has 3 heteroatoms. The molecule has 0 unspecified atom stereocenters. The van der Waals surface area contributed by atoms with Gasteiger partial charge < -0.3 is 14.5 Å². The van der Waals surface area contributed by atoms with E-state index in [0.29, 0.717) is 6.61 Å². The van der Waals surface area contributed by atoms with Gasteiger partial charge in [0.1, 0.15) is 12.4 Å². The molecule has 0 heterocycles. The molecule has 3 rings (SSSR count). The lowest BCUT2D eigenvalue weighted by atomic mass is 9.89. The summed E-state index contributed by atoms with van der Waals surface area (Å²) >= 11 is 0. The van der Waals surface area contributed by atoms with Gasteiger partial charge in [-0.25, -0.2) is 0 Å². The third kappa shape index (κ3) is 5.81. The first-order chi connectivity index (χ1) is 13.9. The Hall–Kier alpha value is -2.36. The zero-order chi connectivity index (χ0) is 20.8. The first-order valence-corrected chi connectivity index (χ1v) is 10.3. The van der Waals surface area contributed by atoms with Crippen molar-refractivity contribution in [1.29, 1.82) is 0 Å². The van der Waals surface area contributed by atoms with Crippen molar-refractivity contribution in [3.05, 3.63) is 77.7 Å². The average molecular weight is 390 g/mol. The molecule has 0 aromatic heterocycles.